The summed E-state index contributed by atoms with van der Waals surface area (Å²) >= 11 is 6.34. The van der Waals surface area contributed by atoms with E-state index in [1.165, 1.54) is 4.40 Å². The number of aryl methyl sites for hydroxylation is 2. The molecule has 132 valence electrons. The van der Waals surface area contributed by atoms with Crippen LogP contribution in [-0.4, -0.2) is 30.5 Å². The standard InChI is InChI=1S/C17H20ClN5O2/c1-10(2)22(9-14-19-12(4)25-21-14)8-13-15(18)20-16-11(3)6-5-7-23(16)17(13)24/h5-7,10H,8-9H2,1-4H3. The summed E-state index contributed by atoms with van der Waals surface area (Å²) in [6, 6.07) is 3.88. The highest BCUT2D eigenvalue weighted by Gasteiger charge is 2.19. The van der Waals surface area contributed by atoms with Gasteiger partial charge in [0.1, 0.15) is 10.8 Å². The monoisotopic (exact) mass is 361 g/mol. The molecule has 0 aliphatic carbocycles. The SMILES string of the molecule is Cc1nc(CN(Cc2c(Cl)nc3c(C)cccn3c2=O)C(C)C)no1. The van der Waals surface area contributed by atoms with Crippen LogP contribution in [0.4, 0.5) is 0 Å². The van der Waals surface area contributed by atoms with Crippen molar-refractivity contribution in [2.45, 2.75) is 46.8 Å². The number of hydrogen-bond acceptors (Lipinski definition) is 6. The van der Waals surface area contributed by atoms with Crippen LogP contribution in [0.1, 0.15) is 36.7 Å². The smallest absolute Gasteiger partial charge is 0.263 e. The Morgan fingerprint density at radius 2 is 2.04 bits per heavy atom. The van der Waals surface area contributed by atoms with E-state index in [-0.39, 0.29) is 16.8 Å². The maximum absolute atomic E-state index is 12.9. The molecule has 0 fully saturated rings. The first-order valence-electron chi connectivity index (χ1n) is 8.06. The minimum absolute atomic E-state index is 0.159. The van der Waals surface area contributed by atoms with Gasteiger partial charge in [0.15, 0.2) is 5.82 Å². The van der Waals surface area contributed by atoms with Gasteiger partial charge in [-0.1, -0.05) is 22.8 Å². The number of halogens is 1. The van der Waals surface area contributed by atoms with Gasteiger partial charge < -0.3 is 4.52 Å². The van der Waals surface area contributed by atoms with Crippen LogP contribution in [0.15, 0.2) is 27.6 Å². The van der Waals surface area contributed by atoms with Gasteiger partial charge >= 0.3 is 0 Å². The van der Waals surface area contributed by atoms with Crippen LogP contribution in [0.3, 0.4) is 0 Å². The molecular weight excluding hydrogens is 342 g/mol. The van der Waals surface area contributed by atoms with Crippen molar-refractivity contribution >= 4 is 17.2 Å². The van der Waals surface area contributed by atoms with Crippen LogP contribution in [0, 0.1) is 13.8 Å². The van der Waals surface area contributed by atoms with Gasteiger partial charge in [0.25, 0.3) is 5.56 Å². The largest absolute Gasteiger partial charge is 0.340 e. The summed E-state index contributed by atoms with van der Waals surface area (Å²) in [6.45, 7) is 8.54. The van der Waals surface area contributed by atoms with Crippen LogP contribution in [0.25, 0.3) is 5.65 Å². The van der Waals surface area contributed by atoms with Gasteiger partial charge in [-0.2, -0.15) is 4.98 Å². The Kier molecular flexibility index (Phi) is 4.87. The summed E-state index contributed by atoms with van der Waals surface area (Å²) in [5.41, 5.74) is 1.77. The molecule has 8 heteroatoms. The zero-order valence-electron chi connectivity index (χ0n) is 14.7. The third kappa shape index (κ3) is 3.57. The first-order valence-corrected chi connectivity index (χ1v) is 8.44. The molecule has 0 aromatic carbocycles. The van der Waals surface area contributed by atoms with Crippen molar-refractivity contribution in [3.05, 3.63) is 56.7 Å². The summed E-state index contributed by atoms with van der Waals surface area (Å²) in [4.78, 5) is 23.6. The number of hydrogen-bond donors (Lipinski definition) is 0. The number of nitrogens with zero attached hydrogens (tertiary/aromatic N) is 5. The lowest BCUT2D eigenvalue weighted by Crippen LogP contribution is -2.34. The fourth-order valence-corrected chi connectivity index (χ4v) is 2.87. The molecule has 0 spiro atoms. The van der Waals surface area contributed by atoms with Gasteiger partial charge in [-0.25, -0.2) is 4.98 Å². The van der Waals surface area contributed by atoms with Gasteiger partial charge in [0.05, 0.1) is 12.1 Å². The zero-order valence-corrected chi connectivity index (χ0v) is 15.4. The molecule has 3 heterocycles. The average molecular weight is 362 g/mol. The van der Waals surface area contributed by atoms with E-state index in [0.29, 0.717) is 36.0 Å². The predicted molar refractivity (Wildman–Crippen MR) is 94.6 cm³/mol. The van der Waals surface area contributed by atoms with E-state index in [2.05, 4.69) is 20.0 Å². The summed E-state index contributed by atoms with van der Waals surface area (Å²) in [5, 5.41) is 4.16. The number of aromatic nitrogens is 4. The van der Waals surface area contributed by atoms with Crippen molar-refractivity contribution in [3.63, 3.8) is 0 Å². The van der Waals surface area contributed by atoms with E-state index in [1.807, 2.05) is 32.9 Å². The fraction of sp³-hybridized carbons (Fsp3) is 0.412. The van der Waals surface area contributed by atoms with Crippen molar-refractivity contribution in [2.75, 3.05) is 0 Å². The Hall–Kier alpha value is -2.25. The third-order valence-electron chi connectivity index (χ3n) is 4.10. The van der Waals surface area contributed by atoms with Crippen LogP contribution in [0.2, 0.25) is 5.15 Å². The Morgan fingerprint density at radius 1 is 1.28 bits per heavy atom. The minimum Gasteiger partial charge on any atom is -0.340 e. The number of fused-ring (bicyclic) bond motifs is 1. The van der Waals surface area contributed by atoms with Gasteiger partial charge in [0, 0.05) is 25.7 Å². The Labute approximate surface area is 150 Å². The van der Waals surface area contributed by atoms with E-state index in [1.54, 1.807) is 13.1 Å². The highest BCUT2D eigenvalue weighted by molar-refractivity contribution is 6.30. The lowest BCUT2D eigenvalue weighted by Gasteiger charge is -2.25. The van der Waals surface area contributed by atoms with Crippen molar-refractivity contribution < 1.29 is 4.52 Å². The van der Waals surface area contributed by atoms with Gasteiger partial charge in [-0.15, -0.1) is 0 Å². The molecule has 3 aromatic rings. The maximum atomic E-state index is 12.9. The van der Waals surface area contributed by atoms with Crippen LogP contribution in [0.5, 0.6) is 0 Å². The van der Waals surface area contributed by atoms with E-state index < -0.39 is 0 Å². The normalized spacial score (nSPS) is 11.8. The zero-order chi connectivity index (χ0) is 18.1. The van der Waals surface area contributed by atoms with Crippen LogP contribution < -0.4 is 5.56 Å². The molecule has 7 nitrogen and oxygen atoms in total. The highest BCUT2D eigenvalue weighted by Crippen LogP contribution is 2.17. The van der Waals surface area contributed by atoms with E-state index in [0.717, 1.165) is 5.56 Å². The molecule has 0 bridgehead atoms. The van der Waals surface area contributed by atoms with Gasteiger partial charge in [0.2, 0.25) is 5.89 Å². The second-order valence-corrected chi connectivity index (χ2v) is 6.66. The summed E-state index contributed by atoms with van der Waals surface area (Å²) in [5.74, 6) is 1.09. The van der Waals surface area contributed by atoms with Crippen LogP contribution >= 0.6 is 11.6 Å². The van der Waals surface area contributed by atoms with E-state index in [4.69, 9.17) is 16.1 Å². The van der Waals surface area contributed by atoms with E-state index >= 15 is 0 Å². The van der Waals surface area contributed by atoms with Gasteiger partial charge in [-0.05, 0) is 32.4 Å². The number of pyridine rings is 1. The molecule has 0 atom stereocenters. The van der Waals surface area contributed by atoms with E-state index in [9.17, 15) is 4.79 Å². The molecule has 25 heavy (non-hydrogen) atoms. The minimum atomic E-state index is -0.159. The topological polar surface area (TPSA) is 76.5 Å². The Bertz CT molecular complexity index is 963. The quantitative estimate of drug-likeness (QED) is 0.650. The van der Waals surface area contributed by atoms with Crippen molar-refractivity contribution in [1.29, 1.82) is 0 Å². The second-order valence-electron chi connectivity index (χ2n) is 6.30. The molecule has 0 N–H and O–H groups in total. The molecule has 0 saturated heterocycles. The molecular formula is C17H20ClN5O2. The molecule has 0 radical (unpaired) electrons. The molecule has 0 saturated carbocycles. The third-order valence-corrected chi connectivity index (χ3v) is 4.41. The molecule has 0 amide bonds. The summed E-state index contributed by atoms with van der Waals surface area (Å²) in [6.07, 6.45) is 1.71. The fourth-order valence-electron chi connectivity index (χ4n) is 2.65. The summed E-state index contributed by atoms with van der Waals surface area (Å²) in [7, 11) is 0. The van der Waals surface area contributed by atoms with Gasteiger partial charge in [-0.3, -0.25) is 14.1 Å². The molecule has 0 aliphatic heterocycles. The predicted octanol–water partition coefficient (Wildman–Crippen LogP) is 2.76. The van der Waals surface area contributed by atoms with Crippen molar-refractivity contribution in [3.8, 4) is 0 Å². The van der Waals surface area contributed by atoms with Crippen molar-refractivity contribution in [1.82, 2.24) is 24.4 Å². The maximum Gasteiger partial charge on any atom is 0.263 e. The Balaban J connectivity index is 1.98. The average Bonchev–Trinajstić information content (AvgIpc) is 2.96. The first-order chi connectivity index (χ1) is 11.9. The Morgan fingerprint density at radius 3 is 2.68 bits per heavy atom. The molecule has 3 rings (SSSR count). The van der Waals surface area contributed by atoms with Crippen LogP contribution in [-0.2, 0) is 13.1 Å². The highest BCUT2D eigenvalue weighted by atomic mass is 35.5. The lowest BCUT2D eigenvalue weighted by atomic mass is 10.2. The molecule has 0 aliphatic rings. The summed E-state index contributed by atoms with van der Waals surface area (Å²) < 4.78 is 6.56. The molecule has 3 aromatic heterocycles. The van der Waals surface area contributed by atoms with Crippen molar-refractivity contribution in [2.24, 2.45) is 0 Å². The number of rotatable bonds is 5. The first kappa shape index (κ1) is 17.6. The lowest BCUT2D eigenvalue weighted by molar-refractivity contribution is 0.195. The molecule has 0 unspecified atom stereocenters. The second kappa shape index (κ2) is 6.93.